The van der Waals surface area contributed by atoms with Crippen molar-refractivity contribution >= 4 is 10.2 Å². The first-order valence-corrected chi connectivity index (χ1v) is 9.39. The summed E-state index contributed by atoms with van der Waals surface area (Å²) < 4.78 is 35.1. The lowest BCUT2D eigenvalue weighted by atomic mass is 10.1. The third-order valence-corrected chi connectivity index (χ3v) is 7.16. The van der Waals surface area contributed by atoms with Gasteiger partial charge in [-0.05, 0) is 56.6 Å². The van der Waals surface area contributed by atoms with Crippen LogP contribution in [0.25, 0.3) is 0 Å². The molecule has 2 atom stereocenters. The summed E-state index contributed by atoms with van der Waals surface area (Å²) in [4.78, 5) is 0. The van der Waals surface area contributed by atoms with Crippen molar-refractivity contribution in [2.45, 2.75) is 50.6 Å². The second-order valence-corrected chi connectivity index (χ2v) is 8.28. The Hall–Kier alpha value is -0.850. The normalized spacial score (nSPS) is 32.0. The van der Waals surface area contributed by atoms with Crippen LogP contribution in [-0.4, -0.2) is 36.2 Å². The molecule has 116 valence electrons. The molecule has 3 fully saturated rings. The zero-order chi connectivity index (χ0) is 14.4. The highest BCUT2D eigenvalue weighted by Crippen LogP contribution is 2.43. The van der Waals surface area contributed by atoms with E-state index in [1.54, 1.807) is 14.9 Å². The van der Waals surface area contributed by atoms with Crippen molar-refractivity contribution in [2.24, 2.45) is 5.92 Å². The van der Waals surface area contributed by atoms with E-state index in [2.05, 4.69) is 0 Å². The predicted molar refractivity (Wildman–Crippen MR) is 78.8 cm³/mol. The van der Waals surface area contributed by atoms with Crippen molar-refractivity contribution in [3.63, 3.8) is 0 Å². The van der Waals surface area contributed by atoms with E-state index in [4.69, 9.17) is 4.42 Å². The number of rotatable bonds is 4. The minimum atomic E-state index is -3.36. The predicted octanol–water partition coefficient (Wildman–Crippen LogP) is 2.54. The quantitative estimate of drug-likeness (QED) is 0.859. The van der Waals surface area contributed by atoms with E-state index in [0.717, 1.165) is 31.4 Å². The SMILES string of the molecule is O=S(=O)(N1CCC[C@@H]1c1ccco1)N1CCC[C@@H]1C1CC1. The van der Waals surface area contributed by atoms with Crippen LogP contribution in [0.1, 0.15) is 50.3 Å². The molecule has 0 unspecified atom stereocenters. The highest BCUT2D eigenvalue weighted by Gasteiger charge is 2.47. The van der Waals surface area contributed by atoms with E-state index in [0.29, 0.717) is 19.0 Å². The Kier molecular flexibility index (Phi) is 3.35. The Bertz CT molecular complexity index is 594. The molecule has 6 heteroatoms. The van der Waals surface area contributed by atoms with E-state index in [1.807, 2.05) is 12.1 Å². The smallest absolute Gasteiger partial charge is 0.282 e. The van der Waals surface area contributed by atoms with Crippen LogP contribution in [0.15, 0.2) is 22.8 Å². The summed E-state index contributed by atoms with van der Waals surface area (Å²) in [6.45, 7) is 1.30. The van der Waals surface area contributed by atoms with Gasteiger partial charge in [-0.3, -0.25) is 0 Å². The average Bonchev–Trinajstić information content (AvgIpc) is 2.98. The fourth-order valence-corrected chi connectivity index (χ4v) is 6.06. The molecule has 1 aromatic rings. The second kappa shape index (κ2) is 5.11. The molecule has 3 heterocycles. The summed E-state index contributed by atoms with van der Waals surface area (Å²) in [6, 6.07) is 3.85. The van der Waals surface area contributed by atoms with Gasteiger partial charge in [0.25, 0.3) is 10.2 Å². The molecule has 3 aliphatic rings. The van der Waals surface area contributed by atoms with Gasteiger partial charge in [-0.2, -0.15) is 17.0 Å². The lowest BCUT2D eigenvalue weighted by molar-refractivity contribution is 0.284. The Morgan fingerprint density at radius 2 is 1.81 bits per heavy atom. The molecule has 1 saturated carbocycles. The number of nitrogens with zero attached hydrogens (tertiary/aromatic N) is 2. The van der Waals surface area contributed by atoms with Crippen LogP contribution in [0.3, 0.4) is 0 Å². The van der Waals surface area contributed by atoms with Crippen molar-refractivity contribution in [3.8, 4) is 0 Å². The monoisotopic (exact) mass is 310 g/mol. The van der Waals surface area contributed by atoms with Gasteiger partial charge >= 0.3 is 0 Å². The number of hydrogen-bond donors (Lipinski definition) is 0. The second-order valence-electron chi connectivity index (χ2n) is 6.45. The minimum absolute atomic E-state index is 0.120. The maximum atomic E-state index is 13.1. The molecule has 0 amide bonds. The van der Waals surface area contributed by atoms with Crippen LogP contribution in [0.4, 0.5) is 0 Å². The van der Waals surface area contributed by atoms with E-state index in [9.17, 15) is 8.42 Å². The van der Waals surface area contributed by atoms with Crippen molar-refractivity contribution in [1.82, 2.24) is 8.61 Å². The van der Waals surface area contributed by atoms with Gasteiger partial charge in [0.2, 0.25) is 0 Å². The molecule has 2 saturated heterocycles. The number of hydrogen-bond acceptors (Lipinski definition) is 3. The van der Waals surface area contributed by atoms with E-state index in [1.165, 1.54) is 12.8 Å². The maximum Gasteiger partial charge on any atom is 0.282 e. The van der Waals surface area contributed by atoms with Gasteiger partial charge in [0.1, 0.15) is 5.76 Å². The molecule has 0 N–H and O–H groups in total. The van der Waals surface area contributed by atoms with E-state index < -0.39 is 10.2 Å². The Morgan fingerprint density at radius 1 is 1.05 bits per heavy atom. The molecular formula is C15H22N2O3S. The van der Waals surface area contributed by atoms with Gasteiger partial charge in [0.15, 0.2) is 0 Å². The Balaban J connectivity index is 1.61. The lowest BCUT2D eigenvalue weighted by Gasteiger charge is -2.31. The van der Waals surface area contributed by atoms with Crippen molar-refractivity contribution in [3.05, 3.63) is 24.2 Å². The first-order chi connectivity index (χ1) is 10.2. The summed E-state index contributed by atoms with van der Waals surface area (Å²) in [6.07, 6.45) is 7.81. The molecule has 0 aromatic carbocycles. The summed E-state index contributed by atoms with van der Waals surface area (Å²) in [5.74, 6) is 1.38. The summed E-state index contributed by atoms with van der Waals surface area (Å²) in [7, 11) is -3.36. The van der Waals surface area contributed by atoms with Crippen LogP contribution in [0.2, 0.25) is 0 Å². The van der Waals surface area contributed by atoms with Crippen LogP contribution >= 0.6 is 0 Å². The topological polar surface area (TPSA) is 53.8 Å². The zero-order valence-electron chi connectivity index (χ0n) is 12.1. The van der Waals surface area contributed by atoms with Crippen LogP contribution in [0.5, 0.6) is 0 Å². The van der Waals surface area contributed by atoms with E-state index in [-0.39, 0.29) is 12.1 Å². The Labute approximate surface area is 126 Å². The molecular weight excluding hydrogens is 288 g/mol. The van der Waals surface area contributed by atoms with Gasteiger partial charge in [0.05, 0.1) is 12.3 Å². The maximum absolute atomic E-state index is 13.1. The first kappa shape index (κ1) is 13.8. The van der Waals surface area contributed by atoms with Gasteiger partial charge in [-0.1, -0.05) is 0 Å². The number of furan rings is 1. The molecule has 2 aliphatic heterocycles. The van der Waals surface area contributed by atoms with E-state index >= 15 is 0 Å². The van der Waals surface area contributed by atoms with Crippen LogP contribution in [0, 0.1) is 5.92 Å². The molecule has 4 rings (SSSR count). The summed E-state index contributed by atoms with van der Waals surface area (Å²) >= 11 is 0. The summed E-state index contributed by atoms with van der Waals surface area (Å²) in [5.41, 5.74) is 0. The van der Waals surface area contributed by atoms with Gasteiger partial charge < -0.3 is 4.42 Å². The highest BCUT2D eigenvalue weighted by atomic mass is 32.2. The van der Waals surface area contributed by atoms with Crippen LogP contribution < -0.4 is 0 Å². The van der Waals surface area contributed by atoms with Gasteiger partial charge in [-0.15, -0.1) is 0 Å². The van der Waals surface area contributed by atoms with Crippen LogP contribution in [-0.2, 0) is 10.2 Å². The molecule has 5 nitrogen and oxygen atoms in total. The van der Waals surface area contributed by atoms with Crippen molar-refractivity contribution < 1.29 is 12.8 Å². The highest BCUT2D eigenvalue weighted by molar-refractivity contribution is 7.86. The third-order valence-electron chi connectivity index (χ3n) is 5.08. The van der Waals surface area contributed by atoms with Crippen molar-refractivity contribution in [2.75, 3.05) is 13.1 Å². The minimum Gasteiger partial charge on any atom is -0.468 e. The third kappa shape index (κ3) is 2.33. The molecule has 1 aliphatic carbocycles. The average molecular weight is 310 g/mol. The molecule has 1 aromatic heterocycles. The largest absolute Gasteiger partial charge is 0.468 e. The molecule has 0 radical (unpaired) electrons. The standard InChI is InChI=1S/C15H22N2O3S/c18-21(19,16-9-1-4-13(16)12-7-8-12)17-10-2-5-14(17)15-6-3-11-20-15/h3,6,11-14H,1-2,4-5,7-10H2/t13-,14-/m1/s1. The summed E-state index contributed by atoms with van der Waals surface area (Å²) in [5, 5.41) is 0. The fraction of sp³-hybridized carbons (Fsp3) is 0.733. The first-order valence-electron chi connectivity index (χ1n) is 8.00. The van der Waals surface area contributed by atoms with Crippen molar-refractivity contribution in [1.29, 1.82) is 0 Å². The molecule has 0 bridgehead atoms. The zero-order valence-corrected chi connectivity index (χ0v) is 13.0. The lowest BCUT2D eigenvalue weighted by Crippen LogP contribution is -2.46. The Morgan fingerprint density at radius 3 is 2.52 bits per heavy atom. The molecule has 21 heavy (non-hydrogen) atoms. The molecule has 0 spiro atoms. The fourth-order valence-electron chi connectivity index (χ4n) is 3.92. The van der Waals surface area contributed by atoms with Gasteiger partial charge in [0, 0.05) is 19.1 Å². The van der Waals surface area contributed by atoms with Gasteiger partial charge in [-0.25, -0.2) is 0 Å².